The van der Waals surface area contributed by atoms with Gasteiger partial charge in [-0.05, 0) is 13.0 Å². The van der Waals surface area contributed by atoms with E-state index >= 15 is 0 Å². The smallest absolute Gasteiger partial charge is 0.384 e. The van der Waals surface area contributed by atoms with Crippen LogP contribution in [0.1, 0.15) is 17.4 Å². The summed E-state index contributed by atoms with van der Waals surface area (Å²) >= 11 is 1.41. The molecule has 0 amide bonds. The first-order valence-corrected chi connectivity index (χ1v) is 5.01. The van der Waals surface area contributed by atoms with Crippen LogP contribution >= 0.6 is 11.3 Å². The van der Waals surface area contributed by atoms with Crippen LogP contribution in [0, 0.1) is 11.8 Å². The van der Waals surface area contributed by atoms with Crippen molar-refractivity contribution in [1.29, 1.82) is 0 Å². The number of thiophene rings is 1. The number of aliphatic hydroxyl groups is 1. The Morgan fingerprint density at radius 3 is 3.07 bits per heavy atom. The highest BCUT2D eigenvalue weighted by atomic mass is 32.1. The Morgan fingerprint density at radius 1 is 1.71 bits per heavy atom. The van der Waals surface area contributed by atoms with Gasteiger partial charge in [-0.2, -0.15) is 0 Å². The second-order valence-corrected chi connectivity index (χ2v) is 3.43. The fraction of sp³-hybridized carbons (Fsp3) is 0.300. The van der Waals surface area contributed by atoms with Crippen molar-refractivity contribution in [1.82, 2.24) is 0 Å². The van der Waals surface area contributed by atoms with Gasteiger partial charge in [-0.1, -0.05) is 5.92 Å². The van der Waals surface area contributed by atoms with Gasteiger partial charge in [0, 0.05) is 21.7 Å². The molecule has 74 valence electrons. The van der Waals surface area contributed by atoms with Gasteiger partial charge < -0.3 is 9.84 Å². The minimum absolute atomic E-state index is 0.00571. The van der Waals surface area contributed by atoms with Crippen LogP contribution in [0.5, 0.6) is 0 Å². The highest BCUT2D eigenvalue weighted by molar-refractivity contribution is 7.10. The number of hydrogen-bond acceptors (Lipinski definition) is 4. The van der Waals surface area contributed by atoms with Gasteiger partial charge in [0.15, 0.2) is 0 Å². The SMILES string of the molecule is CCOC(=O)C#Cc1csc(CO)c1. The Balaban J connectivity index is 2.62. The van der Waals surface area contributed by atoms with Gasteiger partial charge >= 0.3 is 5.97 Å². The van der Waals surface area contributed by atoms with Gasteiger partial charge in [-0.3, -0.25) is 0 Å². The lowest BCUT2D eigenvalue weighted by molar-refractivity contribution is -0.136. The molecule has 0 aromatic carbocycles. The Morgan fingerprint density at radius 2 is 2.50 bits per heavy atom. The summed E-state index contributed by atoms with van der Waals surface area (Å²) in [6.07, 6.45) is 0. The lowest BCUT2D eigenvalue weighted by Gasteiger charge is -1.90. The molecule has 0 saturated heterocycles. The van der Waals surface area contributed by atoms with Crippen LogP contribution in [0.25, 0.3) is 0 Å². The molecule has 0 aliphatic carbocycles. The minimum atomic E-state index is -0.524. The van der Waals surface area contributed by atoms with Gasteiger partial charge in [0.2, 0.25) is 0 Å². The van der Waals surface area contributed by atoms with E-state index in [1.807, 2.05) is 0 Å². The van der Waals surface area contributed by atoms with E-state index in [-0.39, 0.29) is 6.61 Å². The molecule has 0 saturated carbocycles. The van der Waals surface area contributed by atoms with Gasteiger partial charge in [0.1, 0.15) is 0 Å². The molecule has 1 aromatic heterocycles. The molecule has 1 heterocycles. The highest BCUT2D eigenvalue weighted by Crippen LogP contribution is 2.12. The molecule has 0 aliphatic heterocycles. The number of ether oxygens (including phenoxy) is 1. The van der Waals surface area contributed by atoms with Crippen molar-refractivity contribution >= 4 is 17.3 Å². The zero-order valence-electron chi connectivity index (χ0n) is 7.74. The van der Waals surface area contributed by atoms with E-state index in [0.717, 1.165) is 10.4 Å². The summed E-state index contributed by atoms with van der Waals surface area (Å²) in [7, 11) is 0. The number of aliphatic hydroxyl groups excluding tert-OH is 1. The normalized spacial score (nSPS) is 9.00. The minimum Gasteiger partial charge on any atom is -0.456 e. The summed E-state index contributed by atoms with van der Waals surface area (Å²) in [6.45, 7) is 2.07. The summed E-state index contributed by atoms with van der Waals surface area (Å²) in [5, 5.41) is 10.6. The van der Waals surface area contributed by atoms with E-state index in [1.54, 1.807) is 18.4 Å². The van der Waals surface area contributed by atoms with Gasteiger partial charge in [0.05, 0.1) is 13.2 Å². The van der Waals surface area contributed by atoms with E-state index in [2.05, 4.69) is 16.6 Å². The lowest BCUT2D eigenvalue weighted by atomic mass is 10.3. The fourth-order valence-electron chi connectivity index (χ4n) is 0.819. The molecule has 1 rings (SSSR count). The third kappa shape index (κ3) is 3.21. The van der Waals surface area contributed by atoms with Gasteiger partial charge in [-0.25, -0.2) is 4.79 Å². The number of carbonyl (C=O) groups is 1. The van der Waals surface area contributed by atoms with Crippen molar-refractivity contribution in [2.24, 2.45) is 0 Å². The maximum atomic E-state index is 10.9. The molecule has 0 spiro atoms. The van der Waals surface area contributed by atoms with Crippen molar-refractivity contribution in [3.63, 3.8) is 0 Å². The number of rotatable bonds is 2. The number of carbonyl (C=O) groups excluding carboxylic acids is 1. The first-order chi connectivity index (χ1) is 6.76. The summed E-state index contributed by atoms with van der Waals surface area (Å²) < 4.78 is 4.64. The molecule has 1 aromatic rings. The van der Waals surface area contributed by atoms with Crippen molar-refractivity contribution in [3.8, 4) is 11.8 Å². The molecule has 14 heavy (non-hydrogen) atoms. The highest BCUT2D eigenvalue weighted by Gasteiger charge is 1.96. The molecule has 0 radical (unpaired) electrons. The topological polar surface area (TPSA) is 46.5 Å². The number of hydrogen-bond donors (Lipinski definition) is 1. The van der Waals surface area contributed by atoms with Crippen LogP contribution in [-0.4, -0.2) is 17.7 Å². The Hall–Kier alpha value is -1.31. The molecule has 1 N–H and O–H groups in total. The van der Waals surface area contributed by atoms with E-state index in [1.165, 1.54) is 11.3 Å². The molecule has 0 atom stereocenters. The van der Waals surface area contributed by atoms with Crippen LogP contribution < -0.4 is 0 Å². The summed E-state index contributed by atoms with van der Waals surface area (Å²) in [5.74, 6) is 4.49. The summed E-state index contributed by atoms with van der Waals surface area (Å²) in [5.41, 5.74) is 0.729. The standard InChI is InChI=1S/C10H10O3S/c1-2-13-10(12)4-3-8-5-9(6-11)14-7-8/h5,7,11H,2,6H2,1H3. The first-order valence-electron chi connectivity index (χ1n) is 4.13. The third-order valence-corrected chi connectivity index (χ3v) is 2.32. The summed E-state index contributed by atoms with van der Waals surface area (Å²) in [4.78, 5) is 11.7. The Kier molecular flexibility index (Phi) is 4.17. The second kappa shape index (κ2) is 5.43. The first kappa shape index (κ1) is 10.8. The van der Waals surface area contributed by atoms with E-state index < -0.39 is 5.97 Å². The quantitative estimate of drug-likeness (QED) is 0.588. The van der Waals surface area contributed by atoms with E-state index in [9.17, 15) is 4.79 Å². The van der Waals surface area contributed by atoms with Gasteiger partial charge in [-0.15, -0.1) is 11.3 Å². The van der Waals surface area contributed by atoms with E-state index in [0.29, 0.717) is 6.61 Å². The molecule has 0 fully saturated rings. The lowest BCUT2D eigenvalue weighted by Crippen LogP contribution is -1.99. The third-order valence-electron chi connectivity index (χ3n) is 1.39. The Labute approximate surface area is 86.3 Å². The average molecular weight is 210 g/mol. The van der Waals surface area contributed by atoms with Crippen molar-refractivity contribution in [2.45, 2.75) is 13.5 Å². The molecule has 3 nitrogen and oxygen atoms in total. The predicted octanol–water partition coefficient (Wildman–Crippen LogP) is 1.16. The van der Waals surface area contributed by atoms with Crippen molar-refractivity contribution in [2.75, 3.05) is 6.61 Å². The fourth-order valence-corrected chi connectivity index (χ4v) is 1.49. The maximum Gasteiger partial charge on any atom is 0.384 e. The Bertz CT molecular complexity index is 370. The molecular formula is C10H10O3S. The molecule has 0 bridgehead atoms. The van der Waals surface area contributed by atoms with E-state index in [4.69, 9.17) is 5.11 Å². The summed E-state index contributed by atoms with van der Waals surface area (Å²) in [6, 6.07) is 1.75. The average Bonchev–Trinajstić information content (AvgIpc) is 2.63. The van der Waals surface area contributed by atoms with Crippen LogP contribution in [-0.2, 0) is 16.1 Å². The largest absolute Gasteiger partial charge is 0.456 e. The maximum absolute atomic E-state index is 10.9. The second-order valence-electron chi connectivity index (χ2n) is 2.43. The van der Waals surface area contributed by atoms with Crippen LogP contribution in [0.15, 0.2) is 11.4 Å². The van der Waals surface area contributed by atoms with Crippen LogP contribution in [0.3, 0.4) is 0 Å². The predicted molar refractivity (Wildman–Crippen MR) is 53.8 cm³/mol. The molecule has 0 unspecified atom stereocenters. The number of esters is 1. The van der Waals surface area contributed by atoms with Crippen molar-refractivity contribution in [3.05, 3.63) is 21.9 Å². The van der Waals surface area contributed by atoms with Crippen LogP contribution in [0.2, 0.25) is 0 Å². The van der Waals surface area contributed by atoms with Gasteiger partial charge in [0.25, 0.3) is 0 Å². The zero-order chi connectivity index (χ0) is 10.4. The van der Waals surface area contributed by atoms with Crippen LogP contribution in [0.4, 0.5) is 0 Å². The zero-order valence-corrected chi connectivity index (χ0v) is 8.56. The molecule has 4 heteroatoms. The molecule has 0 aliphatic rings. The monoisotopic (exact) mass is 210 g/mol. The molecular weight excluding hydrogens is 200 g/mol. The van der Waals surface area contributed by atoms with Crippen molar-refractivity contribution < 1.29 is 14.6 Å².